The molecule has 1 amide bonds. The number of hydrogen-bond acceptors (Lipinski definition) is 3. The third kappa shape index (κ3) is 4.45. The lowest BCUT2D eigenvalue weighted by Crippen LogP contribution is -2.31. The average Bonchev–Trinajstić information content (AvgIpc) is 3.11. The van der Waals surface area contributed by atoms with Gasteiger partial charge in [-0.1, -0.05) is 79.7 Å². The highest BCUT2D eigenvalue weighted by molar-refractivity contribution is 5.79. The van der Waals surface area contributed by atoms with Crippen LogP contribution in [-0.2, 0) is 16.0 Å². The van der Waals surface area contributed by atoms with E-state index in [0.29, 0.717) is 0 Å². The van der Waals surface area contributed by atoms with E-state index in [1.165, 1.54) is 0 Å². The summed E-state index contributed by atoms with van der Waals surface area (Å²) in [6.45, 7) is 2.24. The molecule has 4 rings (SSSR count). The molecule has 0 saturated carbocycles. The Morgan fingerprint density at radius 2 is 1.52 bits per heavy atom. The molecule has 0 aliphatic heterocycles. The number of carboxylic acids is 1. The Hall–Kier alpha value is -3.60. The Bertz CT molecular complexity index is 1050. The number of carbonyl (C=O) groups is 2. The van der Waals surface area contributed by atoms with E-state index < -0.39 is 18.1 Å². The number of carboxylic acid groups (broad SMARTS) is 1. The lowest BCUT2D eigenvalue weighted by Gasteiger charge is -2.19. The molecule has 0 saturated heterocycles. The van der Waals surface area contributed by atoms with Crippen LogP contribution < -0.4 is 5.32 Å². The fourth-order valence-electron chi connectivity index (χ4n) is 4.19. The van der Waals surface area contributed by atoms with Crippen LogP contribution in [0.1, 0.15) is 47.6 Å². The van der Waals surface area contributed by atoms with E-state index in [1.807, 2.05) is 48.5 Å². The number of nitrogens with one attached hydrogen (secondary N) is 1. The zero-order valence-electron chi connectivity index (χ0n) is 17.4. The van der Waals surface area contributed by atoms with E-state index in [-0.39, 0.29) is 18.9 Å². The van der Waals surface area contributed by atoms with Gasteiger partial charge in [-0.2, -0.15) is 0 Å². The highest BCUT2D eigenvalue weighted by Crippen LogP contribution is 2.44. The summed E-state index contributed by atoms with van der Waals surface area (Å²) in [5, 5.41) is 12.0. The van der Waals surface area contributed by atoms with E-state index >= 15 is 0 Å². The second-order valence-corrected chi connectivity index (χ2v) is 7.72. The number of benzene rings is 3. The maximum atomic E-state index is 12.6. The molecule has 1 atom stereocenters. The van der Waals surface area contributed by atoms with Crippen molar-refractivity contribution >= 4 is 12.1 Å². The number of carbonyl (C=O) groups excluding carboxylic acids is 1. The molecule has 5 nitrogen and oxygen atoms in total. The van der Waals surface area contributed by atoms with Crippen molar-refractivity contribution < 1.29 is 19.4 Å². The van der Waals surface area contributed by atoms with Crippen molar-refractivity contribution in [3.63, 3.8) is 0 Å². The summed E-state index contributed by atoms with van der Waals surface area (Å²) in [7, 11) is 0. The van der Waals surface area contributed by atoms with E-state index in [0.717, 1.165) is 39.8 Å². The minimum Gasteiger partial charge on any atom is -0.481 e. The largest absolute Gasteiger partial charge is 0.481 e. The zero-order chi connectivity index (χ0) is 21.8. The third-order valence-corrected chi connectivity index (χ3v) is 5.80. The van der Waals surface area contributed by atoms with E-state index in [1.54, 1.807) is 0 Å². The standard InChI is InChI=1S/C26H25NO4/c1-2-17-11-13-18(14-12-17)24(15-25(28)29)27-26(30)31-16-23-21-9-5-3-7-19(21)20-8-4-6-10-22(20)23/h3-14,23-24H,2,15-16H2,1H3,(H,27,30)(H,28,29). The second-order valence-electron chi connectivity index (χ2n) is 7.72. The molecule has 31 heavy (non-hydrogen) atoms. The molecule has 1 aliphatic carbocycles. The molecule has 3 aromatic rings. The fraction of sp³-hybridized carbons (Fsp3) is 0.231. The van der Waals surface area contributed by atoms with Gasteiger partial charge in [-0.05, 0) is 39.8 Å². The number of aryl methyl sites for hydroxylation is 1. The van der Waals surface area contributed by atoms with Crippen LogP contribution in [0.25, 0.3) is 11.1 Å². The molecular formula is C26H25NO4. The van der Waals surface area contributed by atoms with Crippen LogP contribution in [0.3, 0.4) is 0 Å². The zero-order valence-corrected chi connectivity index (χ0v) is 17.4. The van der Waals surface area contributed by atoms with E-state index in [2.05, 4.69) is 36.5 Å². The number of alkyl carbamates (subject to hydrolysis) is 1. The van der Waals surface area contributed by atoms with Crippen molar-refractivity contribution in [1.82, 2.24) is 5.32 Å². The Kier molecular flexibility index (Phi) is 6.03. The van der Waals surface area contributed by atoms with Crippen LogP contribution in [0.2, 0.25) is 0 Å². The first-order valence-electron chi connectivity index (χ1n) is 10.5. The maximum absolute atomic E-state index is 12.6. The maximum Gasteiger partial charge on any atom is 0.407 e. The number of amides is 1. The van der Waals surface area contributed by atoms with Crippen LogP contribution >= 0.6 is 0 Å². The SMILES string of the molecule is CCc1ccc(C(CC(=O)O)NC(=O)OCC2c3ccccc3-c3ccccc32)cc1. The smallest absolute Gasteiger partial charge is 0.407 e. The first-order chi connectivity index (χ1) is 15.1. The fourth-order valence-corrected chi connectivity index (χ4v) is 4.19. The molecule has 0 fully saturated rings. The topological polar surface area (TPSA) is 75.6 Å². The van der Waals surface area contributed by atoms with Gasteiger partial charge in [0.2, 0.25) is 0 Å². The molecule has 0 bridgehead atoms. The average molecular weight is 415 g/mol. The van der Waals surface area contributed by atoms with Gasteiger partial charge in [0, 0.05) is 5.92 Å². The number of rotatable bonds is 7. The Morgan fingerprint density at radius 1 is 0.935 bits per heavy atom. The van der Waals surface area contributed by atoms with Crippen molar-refractivity contribution in [3.8, 4) is 11.1 Å². The van der Waals surface area contributed by atoms with Gasteiger partial charge in [0.15, 0.2) is 0 Å². The predicted molar refractivity (Wildman–Crippen MR) is 119 cm³/mol. The normalized spacial score (nSPS) is 13.2. The molecule has 1 aliphatic rings. The third-order valence-electron chi connectivity index (χ3n) is 5.80. The first-order valence-corrected chi connectivity index (χ1v) is 10.5. The highest BCUT2D eigenvalue weighted by atomic mass is 16.5. The molecule has 1 unspecified atom stereocenters. The minimum atomic E-state index is -0.983. The summed E-state index contributed by atoms with van der Waals surface area (Å²) in [6, 6.07) is 23.2. The van der Waals surface area contributed by atoms with Gasteiger partial charge in [0.1, 0.15) is 6.61 Å². The Morgan fingerprint density at radius 3 is 2.06 bits per heavy atom. The molecule has 0 radical (unpaired) electrons. The van der Waals surface area contributed by atoms with Gasteiger partial charge in [-0.3, -0.25) is 4.79 Å². The molecule has 0 heterocycles. The molecule has 5 heteroatoms. The van der Waals surface area contributed by atoms with Gasteiger partial charge in [-0.15, -0.1) is 0 Å². The minimum absolute atomic E-state index is 0.0417. The van der Waals surface area contributed by atoms with Crippen molar-refractivity contribution in [2.75, 3.05) is 6.61 Å². The summed E-state index contributed by atoms with van der Waals surface area (Å²) in [4.78, 5) is 23.9. The molecule has 3 aromatic carbocycles. The van der Waals surface area contributed by atoms with E-state index in [9.17, 15) is 14.7 Å². The van der Waals surface area contributed by atoms with Gasteiger partial charge >= 0.3 is 12.1 Å². The van der Waals surface area contributed by atoms with Gasteiger partial charge < -0.3 is 15.2 Å². The lowest BCUT2D eigenvalue weighted by atomic mass is 9.98. The Labute approximate surface area is 181 Å². The predicted octanol–water partition coefficient (Wildman–Crippen LogP) is 5.30. The van der Waals surface area contributed by atoms with Gasteiger partial charge in [-0.25, -0.2) is 4.79 Å². The monoisotopic (exact) mass is 415 g/mol. The molecule has 0 spiro atoms. The molecule has 0 aromatic heterocycles. The quantitative estimate of drug-likeness (QED) is 0.549. The van der Waals surface area contributed by atoms with Gasteiger partial charge in [0.05, 0.1) is 12.5 Å². The number of fused-ring (bicyclic) bond motifs is 3. The van der Waals surface area contributed by atoms with Gasteiger partial charge in [0.25, 0.3) is 0 Å². The van der Waals surface area contributed by atoms with Crippen LogP contribution in [0.5, 0.6) is 0 Å². The number of aliphatic carboxylic acids is 1. The number of ether oxygens (including phenoxy) is 1. The summed E-state index contributed by atoms with van der Waals surface area (Å²) in [5.41, 5.74) is 6.48. The second kappa shape index (κ2) is 9.04. The summed E-state index contributed by atoms with van der Waals surface area (Å²) in [6.07, 6.45) is 0.0620. The molecular weight excluding hydrogens is 390 g/mol. The van der Waals surface area contributed by atoms with Crippen molar-refractivity contribution in [2.24, 2.45) is 0 Å². The Balaban J connectivity index is 1.47. The number of hydrogen-bond donors (Lipinski definition) is 2. The van der Waals surface area contributed by atoms with Crippen LogP contribution in [0.15, 0.2) is 72.8 Å². The highest BCUT2D eigenvalue weighted by Gasteiger charge is 2.29. The molecule has 158 valence electrons. The van der Waals surface area contributed by atoms with Crippen molar-refractivity contribution in [3.05, 3.63) is 95.1 Å². The lowest BCUT2D eigenvalue weighted by molar-refractivity contribution is -0.137. The van der Waals surface area contributed by atoms with Crippen molar-refractivity contribution in [2.45, 2.75) is 31.7 Å². The van der Waals surface area contributed by atoms with Crippen LogP contribution in [-0.4, -0.2) is 23.8 Å². The molecule has 2 N–H and O–H groups in total. The summed E-state index contributed by atoms with van der Waals surface area (Å²) >= 11 is 0. The first kappa shape index (κ1) is 20.7. The summed E-state index contributed by atoms with van der Waals surface area (Å²) in [5.74, 6) is -1.02. The summed E-state index contributed by atoms with van der Waals surface area (Å²) < 4.78 is 5.58. The van der Waals surface area contributed by atoms with Crippen LogP contribution in [0, 0.1) is 0 Å². The van der Waals surface area contributed by atoms with Crippen molar-refractivity contribution in [1.29, 1.82) is 0 Å². The van der Waals surface area contributed by atoms with Crippen LogP contribution in [0.4, 0.5) is 4.79 Å². The van der Waals surface area contributed by atoms with E-state index in [4.69, 9.17) is 4.74 Å².